The summed E-state index contributed by atoms with van der Waals surface area (Å²) in [4.78, 5) is 27.4. The van der Waals surface area contributed by atoms with E-state index in [1.165, 1.54) is 30.5 Å². The smallest absolute Gasteiger partial charge is 0.322 e. The zero-order valence-electron chi connectivity index (χ0n) is 16.1. The summed E-state index contributed by atoms with van der Waals surface area (Å²) >= 11 is 0. The largest absolute Gasteiger partial charge is 0.508 e. The minimum Gasteiger partial charge on any atom is -0.508 e. The van der Waals surface area contributed by atoms with Crippen LogP contribution < -0.4 is 10.6 Å². The van der Waals surface area contributed by atoms with Crippen molar-refractivity contribution in [1.82, 2.24) is 15.5 Å². The lowest BCUT2D eigenvalue weighted by Gasteiger charge is -2.59. The molecule has 4 fully saturated rings. The fraction of sp³-hybridized carbons (Fsp3) is 0.636. The first-order chi connectivity index (χ1) is 13.4. The molecule has 0 unspecified atom stereocenters. The molecule has 0 bridgehead atoms. The van der Waals surface area contributed by atoms with E-state index in [9.17, 15) is 14.7 Å². The minimum absolute atomic E-state index is 0.0924. The lowest BCUT2D eigenvalue weighted by atomic mass is 9.49. The first-order valence-electron chi connectivity index (χ1n) is 10.6. The third-order valence-electron chi connectivity index (χ3n) is 8.40. The predicted molar refractivity (Wildman–Crippen MR) is 103 cm³/mol. The first-order valence-corrected chi connectivity index (χ1v) is 10.6. The normalized spacial score (nSPS) is 39.3. The maximum absolute atomic E-state index is 12.8. The number of urea groups is 1. The summed E-state index contributed by atoms with van der Waals surface area (Å²) in [6.45, 7) is 3.28. The molecule has 0 aromatic heterocycles. The van der Waals surface area contributed by atoms with Gasteiger partial charge in [-0.1, -0.05) is 6.07 Å². The van der Waals surface area contributed by atoms with Crippen LogP contribution in [-0.4, -0.2) is 47.1 Å². The molecule has 2 heterocycles. The molecule has 0 radical (unpaired) electrons. The van der Waals surface area contributed by atoms with Gasteiger partial charge >= 0.3 is 6.03 Å². The molecular formula is C22H27N3O3. The standard InChI is InChI=1S/C22H27N3O3/c26-16-4-3-15-10-20-5-6-22(18(27)23-19(28)24-22)12-21(20,17(15)9-16)7-8-25(13-20)11-14-1-2-14/h3-4,9,14,26H,1-2,5-8,10-13H2,(H2,23,24,27,28)/t20-,21-,22+/m0/s1. The number of amides is 3. The predicted octanol–water partition coefficient (Wildman–Crippen LogP) is 2.05. The monoisotopic (exact) mass is 381 g/mol. The highest BCUT2D eigenvalue weighted by Gasteiger charge is 2.67. The van der Waals surface area contributed by atoms with E-state index < -0.39 is 5.54 Å². The van der Waals surface area contributed by atoms with E-state index in [-0.39, 0.29) is 22.8 Å². The summed E-state index contributed by atoms with van der Waals surface area (Å²) in [5.74, 6) is 0.991. The average Bonchev–Trinajstić information content (AvgIpc) is 3.36. The van der Waals surface area contributed by atoms with Gasteiger partial charge in [-0.3, -0.25) is 10.1 Å². The molecule has 3 amide bonds. The molecule has 1 aromatic carbocycles. The van der Waals surface area contributed by atoms with Gasteiger partial charge in [-0.15, -0.1) is 0 Å². The zero-order valence-corrected chi connectivity index (χ0v) is 16.1. The number of aromatic hydroxyl groups is 1. The van der Waals surface area contributed by atoms with Gasteiger partial charge in [-0.05, 0) is 86.1 Å². The summed E-state index contributed by atoms with van der Waals surface area (Å²) < 4.78 is 0. The maximum atomic E-state index is 12.8. The van der Waals surface area contributed by atoms with Crippen LogP contribution in [0.15, 0.2) is 18.2 Å². The van der Waals surface area contributed by atoms with Crippen molar-refractivity contribution in [3.8, 4) is 5.75 Å². The number of imide groups is 1. The number of phenols is 1. The SMILES string of the molecule is O=C1NC(=O)[C@]2(CC[C@@]34Cc5ccc(O)cc5[C@]3(CCN(CC3CC3)C4)C2)N1. The van der Waals surface area contributed by atoms with Crippen molar-refractivity contribution in [2.45, 2.75) is 55.9 Å². The molecule has 1 spiro atoms. The average molecular weight is 381 g/mol. The number of likely N-dealkylation sites (tertiary alicyclic amines) is 1. The first kappa shape index (κ1) is 16.8. The fourth-order valence-corrected chi connectivity index (χ4v) is 6.93. The molecule has 6 nitrogen and oxygen atoms in total. The van der Waals surface area contributed by atoms with Gasteiger partial charge in [0.25, 0.3) is 5.91 Å². The van der Waals surface area contributed by atoms with Gasteiger partial charge in [0.2, 0.25) is 0 Å². The van der Waals surface area contributed by atoms with Crippen LogP contribution in [0.1, 0.15) is 49.7 Å². The van der Waals surface area contributed by atoms with Crippen molar-refractivity contribution in [3.05, 3.63) is 29.3 Å². The number of hydrogen-bond acceptors (Lipinski definition) is 4. The van der Waals surface area contributed by atoms with Crippen LogP contribution in [0.25, 0.3) is 0 Å². The summed E-state index contributed by atoms with van der Waals surface area (Å²) in [7, 11) is 0. The van der Waals surface area contributed by atoms with Gasteiger partial charge in [0.1, 0.15) is 11.3 Å². The van der Waals surface area contributed by atoms with Crippen LogP contribution in [0, 0.1) is 11.3 Å². The Labute approximate surface area is 164 Å². The third-order valence-corrected chi connectivity index (χ3v) is 8.40. The van der Waals surface area contributed by atoms with Gasteiger partial charge in [0.15, 0.2) is 0 Å². The highest BCUT2D eigenvalue weighted by Crippen LogP contribution is 2.65. The number of benzene rings is 1. The number of hydrogen-bond donors (Lipinski definition) is 3. The van der Waals surface area contributed by atoms with Gasteiger partial charge in [0, 0.05) is 18.5 Å². The fourth-order valence-electron chi connectivity index (χ4n) is 6.93. The summed E-state index contributed by atoms with van der Waals surface area (Å²) in [6.07, 6.45) is 6.98. The highest BCUT2D eigenvalue weighted by atomic mass is 16.3. The second-order valence-electron chi connectivity index (χ2n) is 9.98. The third kappa shape index (κ3) is 2.12. The van der Waals surface area contributed by atoms with E-state index in [1.807, 2.05) is 6.07 Å². The van der Waals surface area contributed by atoms with Crippen molar-refractivity contribution >= 4 is 11.9 Å². The van der Waals surface area contributed by atoms with Crippen molar-refractivity contribution in [3.63, 3.8) is 0 Å². The maximum Gasteiger partial charge on any atom is 0.322 e. The second-order valence-corrected chi connectivity index (χ2v) is 9.98. The number of carbonyl (C=O) groups excluding carboxylic acids is 2. The summed E-state index contributed by atoms with van der Waals surface area (Å²) in [6, 6.07) is 5.43. The van der Waals surface area contributed by atoms with Crippen LogP contribution in [-0.2, 0) is 16.6 Å². The second kappa shape index (κ2) is 5.29. The van der Waals surface area contributed by atoms with E-state index in [4.69, 9.17) is 0 Å². The van der Waals surface area contributed by atoms with Crippen LogP contribution in [0.5, 0.6) is 5.75 Å². The number of piperidine rings is 1. The quantitative estimate of drug-likeness (QED) is 0.685. The zero-order chi connectivity index (χ0) is 19.1. The number of phenolic OH excluding ortho intramolecular Hbond substituents is 1. The highest BCUT2D eigenvalue weighted by molar-refractivity contribution is 6.07. The Morgan fingerprint density at radius 2 is 2.04 bits per heavy atom. The topological polar surface area (TPSA) is 81.7 Å². The molecule has 6 heteroatoms. The molecule has 2 saturated carbocycles. The van der Waals surface area contributed by atoms with Gasteiger partial charge < -0.3 is 15.3 Å². The van der Waals surface area contributed by atoms with E-state index in [0.717, 1.165) is 38.3 Å². The van der Waals surface area contributed by atoms with E-state index >= 15 is 0 Å². The van der Waals surface area contributed by atoms with Crippen LogP contribution in [0.3, 0.4) is 0 Å². The van der Waals surface area contributed by atoms with Gasteiger partial charge in [-0.25, -0.2) is 4.79 Å². The van der Waals surface area contributed by atoms with Crippen LogP contribution in [0.4, 0.5) is 4.79 Å². The molecule has 5 aliphatic rings. The van der Waals surface area contributed by atoms with Crippen LogP contribution >= 0.6 is 0 Å². The summed E-state index contributed by atoms with van der Waals surface area (Å²) in [5.41, 5.74) is 1.66. The number of nitrogens with one attached hydrogen (secondary N) is 2. The van der Waals surface area contributed by atoms with E-state index in [2.05, 4.69) is 21.6 Å². The van der Waals surface area contributed by atoms with E-state index in [0.29, 0.717) is 18.6 Å². The van der Waals surface area contributed by atoms with Gasteiger partial charge in [-0.2, -0.15) is 0 Å². The molecule has 6 rings (SSSR count). The number of carbonyl (C=O) groups is 2. The number of nitrogens with zero attached hydrogens (tertiary/aromatic N) is 1. The van der Waals surface area contributed by atoms with Crippen molar-refractivity contribution in [2.75, 3.05) is 19.6 Å². The lowest BCUT2D eigenvalue weighted by molar-refractivity contribution is -0.130. The van der Waals surface area contributed by atoms with Crippen molar-refractivity contribution in [2.24, 2.45) is 11.3 Å². The molecule has 28 heavy (non-hydrogen) atoms. The van der Waals surface area contributed by atoms with Crippen LogP contribution in [0.2, 0.25) is 0 Å². The molecule has 2 saturated heterocycles. The Morgan fingerprint density at radius 1 is 1.18 bits per heavy atom. The Hall–Kier alpha value is -2.08. The Kier molecular flexibility index (Phi) is 3.18. The lowest BCUT2D eigenvalue weighted by Crippen LogP contribution is -2.65. The molecule has 2 aliphatic heterocycles. The molecule has 3 atom stereocenters. The van der Waals surface area contributed by atoms with Crippen molar-refractivity contribution in [1.29, 1.82) is 0 Å². The Balaban J connectivity index is 1.44. The minimum atomic E-state index is -0.799. The molecule has 148 valence electrons. The molecule has 3 aliphatic carbocycles. The van der Waals surface area contributed by atoms with E-state index in [1.54, 1.807) is 6.07 Å². The summed E-state index contributed by atoms with van der Waals surface area (Å²) in [5, 5.41) is 15.7. The Bertz CT molecular complexity index is 897. The Morgan fingerprint density at radius 3 is 2.79 bits per heavy atom. The number of fused-ring (bicyclic) bond motifs is 1. The van der Waals surface area contributed by atoms with Crippen molar-refractivity contribution < 1.29 is 14.7 Å². The molecular weight excluding hydrogens is 354 g/mol. The van der Waals surface area contributed by atoms with Gasteiger partial charge in [0.05, 0.1) is 0 Å². The number of rotatable bonds is 2. The molecule has 1 aromatic rings. The molecule has 3 N–H and O–H groups in total.